The number of nitrogens with one attached hydrogen (secondary N) is 1. The highest BCUT2D eigenvalue weighted by Gasteiger charge is 2.21. The van der Waals surface area contributed by atoms with Crippen LogP contribution in [0.25, 0.3) is 11.1 Å². The Hall–Kier alpha value is -3.40. The van der Waals surface area contributed by atoms with Crippen molar-refractivity contribution in [3.05, 3.63) is 89.5 Å². The third-order valence-electron chi connectivity index (χ3n) is 4.47. The molecule has 0 unspecified atom stereocenters. The zero-order valence-corrected chi connectivity index (χ0v) is 14.1. The molecule has 128 valence electrons. The zero-order valence-electron chi connectivity index (χ0n) is 14.1. The second kappa shape index (κ2) is 6.84. The monoisotopic (exact) mass is 343 g/mol. The van der Waals surface area contributed by atoms with E-state index in [-0.39, 0.29) is 12.5 Å². The van der Waals surface area contributed by atoms with Crippen molar-refractivity contribution in [3.63, 3.8) is 0 Å². The number of ether oxygens (including phenoxy) is 1. The lowest BCUT2D eigenvalue weighted by Crippen LogP contribution is -2.21. The smallest absolute Gasteiger partial charge is 0.338 e. The molecule has 0 heterocycles. The molecule has 0 bridgehead atoms. The summed E-state index contributed by atoms with van der Waals surface area (Å²) in [4.78, 5) is 24.2. The van der Waals surface area contributed by atoms with Crippen molar-refractivity contribution < 1.29 is 14.3 Å². The maximum atomic E-state index is 12.2. The number of hydrogen-bond donors (Lipinski definition) is 1. The summed E-state index contributed by atoms with van der Waals surface area (Å²) in [5, 5.41) is 2.87. The van der Waals surface area contributed by atoms with Gasteiger partial charge in [0, 0.05) is 12.1 Å². The van der Waals surface area contributed by atoms with Crippen LogP contribution in [0.3, 0.4) is 0 Å². The summed E-state index contributed by atoms with van der Waals surface area (Å²) in [5.74, 6) is -0.856. The molecule has 26 heavy (non-hydrogen) atoms. The van der Waals surface area contributed by atoms with Crippen LogP contribution in [0, 0.1) is 0 Å². The number of hydrogen-bond acceptors (Lipinski definition) is 3. The van der Waals surface area contributed by atoms with Gasteiger partial charge in [0.15, 0.2) is 6.61 Å². The van der Waals surface area contributed by atoms with Crippen molar-refractivity contribution in [3.8, 4) is 11.1 Å². The number of fused-ring (bicyclic) bond motifs is 3. The Balaban J connectivity index is 1.44. The molecule has 0 fully saturated rings. The van der Waals surface area contributed by atoms with Crippen molar-refractivity contribution >= 4 is 17.6 Å². The van der Waals surface area contributed by atoms with Crippen molar-refractivity contribution in [1.82, 2.24) is 0 Å². The molecule has 0 aliphatic heterocycles. The fourth-order valence-corrected chi connectivity index (χ4v) is 3.25. The second-order valence-corrected chi connectivity index (χ2v) is 6.16. The Morgan fingerprint density at radius 3 is 2.42 bits per heavy atom. The highest BCUT2D eigenvalue weighted by Crippen LogP contribution is 2.39. The average molecular weight is 343 g/mol. The first-order chi connectivity index (χ1) is 12.7. The summed E-state index contributed by atoms with van der Waals surface area (Å²) in [5.41, 5.74) is 5.88. The highest BCUT2D eigenvalue weighted by atomic mass is 16.5. The van der Waals surface area contributed by atoms with Gasteiger partial charge in [-0.15, -0.1) is 0 Å². The minimum absolute atomic E-state index is 0.315. The summed E-state index contributed by atoms with van der Waals surface area (Å²) in [7, 11) is 0. The fourth-order valence-electron chi connectivity index (χ4n) is 3.25. The molecule has 0 spiro atoms. The summed E-state index contributed by atoms with van der Waals surface area (Å²) >= 11 is 0. The SMILES string of the molecule is O=C(COC(=O)c1ccccc1)Nc1cccc2c1Cc1ccccc1-2. The predicted molar refractivity (Wildman–Crippen MR) is 100 cm³/mol. The van der Waals surface area contributed by atoms with Gasteiger partial charge in [0.2, 0.25) is 0 Å². The van der Waals surface area contributed by atoms with Crippen LogP contribution in [-0.4, -0.2) is 18.5 Å². The Bertz CT molecular complexity index is 980. The van der Waals surface area contributed by atoms with Crippen molar-refractivity contribution in [2.24, 2.45) is 0 Å². The number of esters is 1. The van der Waals surface area contributed by atoms with Crippen LogP contribution in [0.5, 0.6) is 0 Å². The van der Waals surface area contributed by atoms with Crippen LogP contribution in [0.1, 0.15) is 21.5 Å². The van der Waals surface area contributed by atoms with Gasteiger partial charge in [0.1, 0.15) is 0 Å². The Labute approximate surface area is 151 Å². The average Bonchev–Trinajstić information content (AvgIpc) is 3.07. The molecule has 0 saturated carbocycles. The van der Waals surface area contributed by atoms with Crippen LogP contribution in [0.4, 0.5) is 5.69 Å². The summed E-state index contributed by atoms with van der Waals surface area (Å²) < 4.78 is 5.09. The first-order valence-corrected chi connectivity index (χ1v) is 8.44. The standard InChI is InChI=1S/C22H17NO3/c24-21(14-26-22(25)15-7-2-1-3-8-15)23-20-12-6-11-18-17-10-5-4-9-16(17)13-19(18)20/h1-12H,13-14H2,(H,23,24). The van der Waals surface area contributed by atoms with E-state index < -0.39 is 5.97 Å². The van der Waals surface area contributed by atoms with Gasteiger partial charge in [-0.3, -0.25) is 4.79 Å². The lowest BCUT2D eigenvalue weighted by atomic mass is 10.1. The van der Waals surface area contributed by atoms with Crippen LogP contribution < -0.4 is 5.32 Å². The number of carbonyl (C=O) groups is 2. The molecule has 0 saturated heterocycles. The molecule has 1 N–H and O–H groups in total. The topological polar surface area (TPSA) is 55.4 Å². The van der Waals surface area contributed by atoms with E-state index in [0.29, 0.717) is 5.56 Å². The van der Waals surface area contributed by atoms with Crippen LogP contribution in [0.2, 0.25) is 0 Å². The predicted octanol–water partition coefficient (Wildman–Crippen LogP) is 4.05. The quantitative estimate of drug-likeness (QED) is 0.569. The Morgan fingerprint density at radius 2 is 1.58 bits per heavy atom. The minimum atomic E-state index is -0.508. The van der Waals surface area contributed by atoms with E-state index in [2.05, 4.69) is 23.5 Å². The second-order valence-electron chi connectivity index (χ2n) is 6.16. The number of amides is 1. The van der Waals surface area contributed by atoms with Gasteiger partial charge in [-0.1, -0.05) is 54.6 Å². The van der Waals surface area contributed by atoms with Gasteiger partial charge in [-0.25, -0.2) is 4.79 Å². The van der Waals surface area contributed by atoms with E-state index in [4.69, 9.17) is 4.74 Å². The lowest BCUT2D eigenvalue weighted by molar-refractivity contribution is -0.119. The summed E-state index contributed by atoms with van der Waals surface area (Å²) in [6.07, 6.45) is 0.783. The van der Waals surface area contributed by atoms with Crippen molar-refractivity contribution in [1.29, 1.82) is 0 Å². The lowest BCUT2D eigenvalue weighted by Gasteiger charge is -2.11. The van der Waals surface area contributed by atoms with Gasteiger partial charge in [-0.2, -0.15) is 0 Å². The van der Waals surface area contributed by atoms with Crippen molar-refractivity contribution in [2.45, 2.75) is 6.42 Å². The molecule has 0 atom stereocenters. The van der Waals surface area contributed by atoms with E-state index in [1.165, 1.54) is 11.1 Å². The maximum absolute atomic E-state index is 12.2. The van der Waals surface area contributed by atoms with Gasteiger partial charge in [0.25, 0.3) is 5.91 Å². The fraction of sp³-hybridized carbons (Fsp3) is 0.0909. The number of rotatable bonds is 4. The van der Waals surface area contributed by atoms with Crippen LogP contribution in [0.15, 0.2) is 72.8 Å². The van der Waals surface area contributed by atoms with Crippen molar-refractivity contribution in [2.75, 3.05) is 11.9 Å². The molecule has 1 aliphatic rings. The van der Waals surface area contributed by atoms with E-state index in [1.54, 1.807) is 24.3 Å². The number of carbonyl (C=O) groups excluding carboxylic acids is 2. The Kier molecular flexibility index (Phi) is 4.23. The molecule has 1 aliphatic carbocycles. The molecule has 3 aromatic carbocycles. The maximum Gasteiger partial charge on any atom is 0.338 e. The van der Waals surface area contributed by atoms with Gasteiger partial charge >= 0.3 is 5.97 Å². The summed E-state index contributed by atoms with van der Waals surface area (Å²) in [6, 6.07) is 22.7. The number of anilines is 1. The molecule has 4 rings (SSSR count). The van der Waals surface area contributed by atoms with Gasteiger partial charge in [-0.05, 0) is 40.5 Å². The summed E-state index contributed by atoms with van der Waals surface area (Å²) in [6.45, 7) is -0.315. The molecular formula is C22H17NO3. The molecular weight excluding hydrogens is 326 g/mol. The largest absolute Gasteiger partial charge is 0.452 e. The van der Waals surface area contributed by atoms with Crippen LogP contribution in [-0.2, 0) is 16.0 Å². The molecule has 0 radical (unpaired) electrons. The van der Waals surface area contributed by atoms with Crippen LogP contribution >= 0.6 is 0 Å². The first-order valence-electron chi connectivity index (χ1n) is 8.44. The van der Waals surface area contributed by atoms with E-state index in [9.17, 15) is 9.59 Å². The molecule has 0 aromatic heterocycles. The van der Waals surface area contributed by atoms with Gasteiger partial charge < -0.3 is 10.1 Å². The molecule has 4 heteroatoms. The van der Waals surface area contributed by atoms with E-state index in [0.717, 1.165) is 23.2 Å². The Morgan fingerprint density at radius 1 is 0.846 bits per heavy atom. The van der Waals surface area contributed by atoms with Gasteiger partial charge in [0.05, 0.1) is 5.56 Å². The molecule has 4 nitrogen and oxygen atoms in total. The first kappa shape index (κ1) is 16.1. The third-order valence-corrected chi connectivity index (χ3v) is 4.47. The zero-order chi connectivity index (χ0) is 17.9. The normalized spacial score (nSPS) is 11.4. The van der Waals surface area contributed by atoms with E-state index in [1.807, 2.05) is 30.3 Å². The molecule has 1 amide bonds. The molecule has 3 aromatic rings. The highest BCUT2D eigenvalue weighted by molar-refractivity contribution is 5.97. The van der Waals surface area contributed by atoms with E-state index >= 15 is 0 Å². The number of benzene rings is 3. The third kappa shape index (κ3) is 3.09. The minimum Gasteiger partial charge on any atom is -0.452 e.